The van der Waals surface area contributed by atoms with E-state index in [9.17, 15) is 4.79 Å². The molecule has 2 aromatic carbocycles. The van der Waals surface area contributed by atoms with Crippen molar-refractivity contribution in [2.24, 2.45) is 0 Å². The normalized spacial score (nSPS) is 10.2. The van der Waals surface area contributed by atoms with Crippen molar-refractivity contribution in [3.05, 3.63) is 53.6 Å². The van der Waals surface area contributed by atoms with Gasteiger partial charge in [0.25, 0.3) is 0 Å². The zero-order valence-electron chi connectivity index (χ0n) is 11.1. The summed E-state index contributed by atoms with van der Waals surface area (Å²) in [4.78, 5) is 11.2. The Morgan fingerprint density at radius 2 is 1.74 bits per heavy atom. The van der Waals surface area contributed by atoms with Gasteiger partial charge in [0.15, 0.2) is 0 Å². The van der Waals surface area contributed by atoms with E-state index in [0.717, 1.165) is 27.9 Å². The first-order chi connectivity index (χ1) is 9.10. The SMILES string of the molecule is COC(=O)Cc1ccc(-c2ccc(N)c(C)c2)cc1. The summed E-state index contributed by atoms with van der Waals surface area (Å²) in [6.07, 6.45) is 0.303. The van der Waals surface area contributed by atoms with Crippen molar-refractivity contribution in [1.29, 1.82) is 0 Å². The minimum absolute atomic E-state index is 0.226. The first-order valence-electron chi connectivity index (χ1n) is 6.12. The first kappa shape index (κ1) is 13.1. The van der Waals surface area contributed by atoms with Crippen LogP contribution < -0.4 is 5.73 Å². The third kappa shape index (κ3) is 3.13. The van der Waals surface area contributed by atoms with Gasteiger partial charge in [-0.25, -0.2) is 0 Å². The molecule has 0 fully saturated rings. The third-order valence-corrected chi connectivity index (χ3v) is 3.13. The quantitative estimate of drug-likeness (QED) is 0.677. The van der Waals surface area contributed by atoms with Crippen LogP contribution in [-0.4, -0.2) is 13.1 Å². The van der Waals surface area contributed by atoms with Crippen molar-refractivity contribution in [3.63, 3.8) is 0 Å². The Balaban J connectivity index is 2.22. The van der Waals surface area contributed by atoms with E-state index in [1.54, 1.807) is 0 Å². The highest BCUT2D eigenvalue weighted by Gasteiger charge is 2.04. The lowest BCUT2D eigenvalue weighted by molar-refractivity contribution is -0.139. The van der Waals surface area contributed by atoms with Gasteiger partial charge in [0, 0.05) is 5.69 Å². The average Bonchev–Trinajstić information content (AvgIpc) is 2.42. The predicted octanol–water partition coefficient (Wildman–Crippen LogP) is 2.96. The van der Waals surface area contributed by atoms with Crippen LogP contribution in [0.5, 0.6) is 0 Å². The molecule has 19 heavy (non-hydrogen) atoms. The number of hydrogen-bond acceptors (Lipinski definition) is 3. The lowest BCUT2D eigenvalue weighted by Crippen LogP contribution is -2.04. The molecule has 2 rings (SSSR count). The van der Waals surface area contributed by atoms with Crippen molar-refractivity contribution in [1.82, 2.24) is 0 Å². The third-order valence-electron chi connectivity index (χ3n) is 3.13. The van der Waals surface area contributed by atoms with Crippen LogP contribution in [0.4, 0.5) is 5.69 Å². The number of ether oxygens (including phenoxy) is 1. The zero-order valence-corrected chi connectivity index (χ0v) is 11.1. The predicted molar refractivity (Wildman–Crippen MR) is 76.7 cm³/mol. The number of carbonyl (C=O) groups excluding carboxylic acids is 1. The fraction of sp³-hybridized carbons (Fsp3) is 0.188. The second-order valence-electron chi connectivity index (χ2n) is 4.52. The molecule has 0 aliphatic carbocycles. The Bertz CT molecular complexity index is 588. The van der Waals surface area contributed by atoms with Crippen molar-refractivity contribution >= 4 is 11.7 Å². The number of anilines is 1. The molecule has 0 aliphatic heterocycles. The molecule has 0 saturated carbocycles. The molecule has 0 saturated heterocycles. The molecule has 0 amide bonds. The average molecular weight is 255 g/mol. The van der Waals surface area contributed by atoms with Crippen LogP contribution >= 0.6 is 0 Å². The van der Waals surface area contributed by atoms with E-state index in [0.29, 0.717) is 6.42 Å². The second-order valence-corrected chi connectivity index (χ2v) is 4.52. The highest BCUT2D eigenvalue weighted by atomic mass is 16.5. The van der Waals surface area contributed by atoms with Crippen LogP contribution in [0.25, 0.3) is 11.1 Å². The lowest BCUT2D eigenvalue weighted by Gasteiger charge is -2.06. The Labute approximate surface area is 113 Å². The van der Waals surface area contributed by atoms with Gasteiger partial charge in [0.05, 0.1) is 13.5 Å². The van der Waals surface area contributed by atoms with Gasteiger partial charge in [-0.3, -0.25) is 4.79 Å². The summed E-state index contributed by atoms with van der Waals surface area (Å²) in [5.74, 6) is -0.226. The molecule has 0 aliphatic rings. The maximum atomic E-state index is 11.2. The van der Waals surface area contributed by atoms with Crippen LogP contribution in [0.15, 0.2) is 42.5 Å². The minimum atomic E-state index is -0.226. The molecule has 0 radical (unpaired) electrons. The van der Waals surface area contributed by atoms with Gasteiger partial charge in [0.2, 0.25) is 0 Å². The number of aryl methyl sites for hydroxylation is 1. The van der Waals surface area contributed by atoms with Gasteiger partial charge in [-0.15, -0.1) is 0 Å². The molecule has 2 aromatic rings. The molecule has 3 heteroatoms. The zero-order chi connectivity index (χ0) is 13.8. The van der Waals surface area contributed by atoms with Crippen molar-refractivity contribution < 1.29 is 9.53 Å². The number of benzene rings is 2. The number of methoxy groups -OCH3 is 1. The highest BCUT2D eigenvalue weighted by molar-refractivity contribution is 5.73. The van der Waals surface area contributed by atoms with Gasteiger partial charge in [0.1, 0.15) is 0 Å². The number of nitrogen functional groups attached to an aromatic ring is 1. The molecule has 0 spiro atoms. The van der Waals surface area contributed by atoms with Crippen molar-refractivity contribution in [2.45, 2.75) is 13.3 Å². The van der Waals surface area contributed by atoms with E-state index in [4.69, 9.17) is 5.73 Å². The number of carbonyl (C=O) groups is 1. The fourth-order valence-electron chi connectivity index (χ4n) is 1.91. The van der Waals surface area contributed by atoms with E-state index >= 15 is 0 Å². The largest absolute Gasteiger partial charge is 0.469 e. The molecule has 0 heterocycles. The summed E-state index contributed by atoms with van der Waals surface area (Å²) in [5.41, 5.74) is 10.8. The van der Waals surface area contributed by atoms with Gasteiger partial charge in [-0.1, -0.05) is 30.3 Å². The number of esters is 1. The summed E-state index contributed by atoms with van der Waals surface area (Å²) in [7, 11) is 1.40. The number of rotatable bonds is 3. The standard InChI is InChI=1S/C16H17NO2/c1-11-9-14(7-8-15(11)17)13-5-3-12(4-6-13)10-16(18)19-2/h3-9H,10,17H2,1-2H3. The Hall–Kier alpha value is -2.29. The van der Waals surface area contributed by atoms with Crippen LogP contribution in [-0.2, 0) is 16.0 Å². The van der Waals surface area contributed by atoms with Crippen LogP contribution in [0, 0.1) is 6.92 Å². The fourth-order valence-corrected chi connectivity index (χ4v) is 1.91. The molecule has 98 valence electrons. The van der Waals surface area contributed by atoms with E-state index in [2.05, 4.69) is 10.8 Å². The molecule has 0 aromatic heterocycles. The van der Waals surface area contributed by atoms with Crippen molar-refractivity contribution in [2.75, 3.05) is 12.8 Å². The molecule has 0 bridgehead atoms. The second kappa shape index (κ2) is 5.57. The van der Waals surface area contributed by atoms with Crippen LogP contribution in [0.3, 0.4) is 0 Å². The molecule has 0 unspecified atom stereocenters. The summed E-state index contributed by atoms with van der Waals surface area (Å²) in [6, 6.07) is 13.9. The summed E-state index contributed by atoms with van der Waals surface area (Å²) < 4.78 is 4.65. The Morgan fingerprint density at radius 1 is 1.11 bits per heavy atom. The smallest absolute Gasteiger partial charge is 0.309 e. The molecule has 3 nitrogen and oxygen atoms in total. The van der Waals surface area contributed by atoms with Crippen LogP contribution in [0.1, 0.15) is 11.1 Å². The summed E-state index contributed by atoms with van der Waals surface area (Å²) in [6.45, 7) is 1.99. The van der Waals surface area contributed by atoms with E-state index in [-0.39, 0.29) is 5.97 Å². The van der Waals surface area contributed by atoms with E-state index in [1.165, 1.54) is 7.11 Å². The lowest BCUT2D eigenvalue weighted by atomic mass is 10.0. The minimum Gasteiger partial charge on any atom is -0.469 e. The molecular formula is C16H17NO2. The Kier molecular flexibility index (Phi) is 3.85. The van der Waals surface area contributed by atoms with Crippen LogP contribution in [0.2, 0.25) is 0 Å². The molecule has 2 N–H and O–H groups in total. The highest BCUT2D eigenvalue weighted by Crippen LogP contribution is 2.23. The summed E-state index contributed by atoms with van der Waals surface area (Å²) in [5, 5.41) is 0. The topological polar surface area (TPSA) is 52.3 Å². The Morgan fingerprint density at radius 3 is 2.32 bits per heavy atom. The van der Waals surface area contributed by atoms with E-state index < -0.39 is 0 Å². The number of nitrogens with two attached hydrogens (primary N) is 1. The number of hydrogen-bond donors (Lipinski definition) is 1. The maximum Gasteiger partial charge on any atom is 0.309 e. The first-order valence-corrected chi connectivity index (χ1v) is 6.12. The summed E-state index contributed by atoms with van der Waals surface area (Å²) >= 11 is 0. The van der Waals surface area contributed by atoms with E-state index in [1.807, 2.05) is 43.3 Å². The van der Waals surface area contributed by atoms with Gasteiger partial charge in [-0.2, -0.15) is 0 Å². The van der Waals surface area contributed by atoms with Gasteiger partial charge >= 0.3 is 5.97 Å². The molecular weight excluding hydrogens is 238 g/mol. The van der Waals surface area contributed by atoms with Gasteiger partial charge in [-0.05, 0) is 41.3 Å². The van der Waals surface area contributed by atoms with Gasteiger partial charge < -0.3 is 10.5 Å². The monoisotopic (exact) mass is 255 g/mol. The maximum absolute atomic E-state index is 11.2. The van der Waals surface area contributed by atoms with Crippen molar-refractivity contribution in [3.8, 4) is 11.1 Å². The molecule has 0 atom stereocenters.